The highest BCUT2D eigenvalue weighted by atomic mass is 16.6. The van der Waals surface area contributed by atoms with E-state index >= 15 is 0 Å². The zero-order chi connectivity index (χ0) is 13.1. The van der Waals surface area contributed by atoms with Gasteiger partial charge in [-0.05, 0) is 25.0 Å². The van der Waals surface area contributed by atoms with E-state index in [1.165, 1.54) is 0 Å². The fourth-order valence-corrected chi connectivity index (χ4v) is 2.05. The van der Waals surface area contributed by atoms with Crippen LogP contribution in [0.15, 0.2) is 18.2 Å². The lowest BCUT2D eigenvalue weighted by atomic mass is 10.1. The molecule has 18 heavy (non-hydrogen) atoms. The molecular weight excluding hydrogens is 230 g/mol. The van der Waals surface area contributed by atoms with Crippen LogP contribution in [0.4, 0.5) is 4.79 Å². The molecule has 96 valence electrons. The van der Waals surface area contributed by atoms with Crippen molar-refractivity contribution in [3.8, 4) is 5.75 Å². The summed E-state index contributed by atoms with van der Waals surface area (Å²) in [7, 11) is 0. The molecule has 1 aliphatic rings. The highest BCUT2D eigenvalue weighted by Crippen LogP contribution is 2.23. The van der Waals surface area contributed by atoms with Gasteiger partial charge in [-0.1, -0.05) is 18.2 Å². The summed E-state index contributed by atoms with van der Waals surface area (Å²) in [6, 6.07) is 5.76. The predicted octanol–water partition coefficient (Wildman–Crippen LogP) is 2.47. The Balaban J connectivity index is 2.05. The van der Waals surface area contributed by atoms with Gasteiger partial charge in [0.15, 0.2) is 0 Å². The molecule has 1 aromatic rings. The molecule has 0 aliphatic carbocycles. The molecular formula is C14H17NO3. The molecule has 1 aliphatic heterocycles. The van der Waals surface area contributed by atoms with Gasteiger partial charge in [-0.15, -0.1) is 0 Å². The minimum atomic E-state index is -0.361. The number of likely N-dealkylation sites (tertiary alicyclic amines) is 1. The SMILES string of the molecule is Cc1cccc(C)c1OC(=O)N1CCC(=O)CC1. The Bertz CT molecular complexity index is 452. The van der Waals surface area contributed by atoms with Gasteiger partial charge in [-0.25, -0.2) is 4.79 Å². The van der Waals surface area contributed by atoms with Gasteiger partial charge in [0.05, 0.1) is 0 Å². The van der Waals surface area contributed by atoms with Gasteiger partial charge in [0, 0.05) is 25.9 Å². The molecule has 0 radical (unpaired) electrons. The van der Waals surface area contributed by atoms with Gasteiger partial charge in [0.2, 0.25) is 0 Å². The van der Waals surface area contributed by atoms with Gasteiger partial charge in [-0.3, -0.25) is 4.79 Å². The van der Waals surface area contributed by atoms with Gasteiger partial charge in [-0.2, -0.15) is 0 Å². The molecule has 1 fully saturated rings. The quantitative estimate of drug-likeness (QED) is 0.765. The molecule has 2 rings (SSSR count). The van der Waals surface area contributed by atoms with E-state index in [0.29, 0.717) is 31.7 Å². The van der Waals surface area contributed by atoms with Crippen LogP contribution in [0.25, 0.3) is 0 Å². The summed E-state index contributed by atoms with van der Waals surface area (Å²) in [5.41, 5.74) is 1.88. The molecule has 1 saturated heterocycles. The monoisotopic (exact) mass is 247 g/mol. The Labute approximate surface area is 107 Å². The Morgan fingerprint density at radius 1 is 1.17 bits per heavy atom. The number of ketones is 1. The number of benzene rings is 1. The standard InChI is InChI=1S/C14H17NO3/c1-10-4-3-5-11(2)13(10)18-14(17)15-8-6-12(16)7-9-15/h3-5H,6-9H2,1-2H3. The smallest absolute Gasteiger partial charge is 0.410 e. The first-order valence-electron chi connectivity index (χ1n) is 6.12. The summed E-state index contributed by atoms with van der Waals surface area (Å²) >= 11 is 0. The van der Waals surface area contributed by atoms with E-state index in [1.54, 1.807) is 4.90 Å². The van der Waals surface area contributed by atoms with Crippen LogP contribution in [-0.2, 0) is 4.79 Å². The maximum atomic E-state index is 12.0. The fraction of sp³-hybridized carbons (Fsp3) is 0.429. The molecule has 0 aromatic heterocycles. The Morgan fingerprint density at radius 2 is 1.72 bits per heavy atom. The van der Waals surface area contributed by atoms with Crippen molar-refractivity contribution in [3.05, 3.63) is 29.3 Å². The number of piperidine rings is 1. The Hall–Kier alpha value is -1.84. The lowest BCUT2D eigenvalue weighted by Crippen LogP contribution is -2.40. The van der Waals surface area contributed by atoms with Crippen LogP contribution >= 0.6 is 0 Å². The van der Waals surface area contributed by atoms with Crippen LogP contribution in [0.2, 0.25) is 0 Å². The molecule has 0 bridgehead atoms. The summed E-state index contributed by atoms with van der Waals surface area (Å²) < 4.78 is 5.43. The van der Waals surface area contributed by atoms with E-state index in [-0.39, 0.29) is 11.9 Å². The third kappa shape index (κ3) is 2.70. The molecule has 1 heterocycles. The van der Waals surface area contributed by atoms with Crippen LogP contribution in [0.1, 0.15) is 24.0 Å². The van der Waals surface area contributed by atoms with E-state index in [4.69, 9.17) is 4.74 Å². The average Bonchev–Trinajstić information content (AvgIpc) is 2.34. The molecule has 4 nitrogen and oxygen atoms in total. The number of hydrogen-bond acceptors (Lipinski definition) is 3. The highest BCUT2D eigenvalue weighted by molar-refractivity contribution is 5.82. The van der Waals surface area contributed by atoms with E-state index in [9.17, 15) is 9.59 Å². The molecule has 1 aromatic carbocycles. The number of hydrogen-bond donors (Lipinski definition) is 0. The second-order valence-electron chi connectivity index (χ2n) is 4.61. The van der Waals surface area contributed by atoms with E-state index in [0.717, 1.165) is 11.1 Å². The number of nitrogens with zero attached hydrogens (tertiary/aromatic N) is 1. The molecule has 4 heteroatoms. The maximum Gasteiger partial charge on any atom is 0.415 e. The zero-order valence-electron chi connectivity index (χ0n) is 10.7. The number of para-hydroxylation sites is 1. The zero-order valence-corrected chi connectivity index (χ0v) is 10.7. The van der Waals surface area contributed by atoms with Gasteiger partial charge < -0.3 is 9.64 Å². The van der Waals surface area contributed by atoms with Crippen molar-refractivity contribution in [1.29, 1.82) is 0 Å². The summed E-state index contributed by atoms with van der Waals surface area (Å²) in [6.45, 7) is 4.75. The normalized spacial score (nSPS) is 15.7. The van der Waals surface area contributed by atoms with Crippen LogP contribution in [-0.4, -0.2) is 29.9 Å². The van der Waals surface area contributed by atoms with Gasteiger partial charge in [0.25, 0.3) is 0 Å². The Morgan fingerprint density at radius 3 is 2.28 bits per heavy atom. The van der Waals surface area contributed by atoms with E-state index < -0.39 is 0 Å². The average molecular weight is 247 g/mol. The highest BCUT2D eigenvalue weighted by Gasteiger charge is 2.23. The molecule has 0 saturated carbocycles. The number of aryl methyl sites for hydroxylation is 2. The van der Waals surface area contributed by atoms with E-state index in [1.807, 2.05) is 32.0 Å². The summed E-state index contributed by atoms with van der Waals surface area (Å²) in [5, 5.41) is 0. The minimum absolute atomic E-state index is 0.214. The first-order chi connectivity index (χ1) is 8.58. The van der Waals surface area contributed by atoms with Gasteiger partial charge >= 0.3 is 6.09 Å². The van der Waals surface area contributed by atoms with Crippen molar-refractivity contribution in [1.82, 2.24) is 4.90 Å². The first-order valence-corrected chi connectivity index (χ1v) is 6.12. The van der Waals surface area contributed by atoms with E-state index in [2.05, 4.69) is 0 Å². The van der Waals surface area contributed by atoms with Crippen molar-refractivity contribution in [2.45, 2.75) is 26.7 Å². The number of carbonyl (C=O) groups excluding carboxylic acids is 2. The van der Waals surface area contributed by atoms with Crippen LogP contribution in [0, 0.1) is 13.8 Å². The molecule has 0 unspecified atom stereocenters. The molecule has 0 N–H and O–H groups in total. The topological polar surface area (TPSA) is 46.6 Å². The van der Waals surface area contributed by atoms with Crippen molar-refractivity contribution < 1.29 is 14.3 Å². The van der Waals surface area contributed by atoms with Crippen molar-refractivity contribution in [3.63, 3.8) is 0 Å². The number of carbonyl (C=O) groups is 2. The minimum Gasteiger partial charge on any atom is -0.410 e. The third-order valence-electron chi connectivity index (χ3n) is 3.18. The summed E-state index contributed by atoms with van der Waals surface area (Å²) in [4.78, 5) is 24.7. The summed E-state index contributed by atoms with van der Waals surface area (Å²) in [6.07, 6.45) is 0.504. The number of rotatable bonds is 1. The number of Topliss-reactive ketones (excluding diaryl/α,β-unsaturated/α-hetero) is 1. The van der Waals surface area contributed by atoms with Crippen molar-refractivity contribution >= 4 is 11.9 Å². The van der Waals surface area contributed by atoms with Crippen molar-refractivity contribution in [2.75, 3.05) is 13.1 Å². The molecule has 0 atom stereocenters. The number of amides is 1. The van der Waals surface area contributed by atoms with Crippen LogP contribution in [0.3, 0.4) is 0 Å². The maximum absolute atomic E-state index is 12.0. The van der Waals surface area contributed by atoms with Crippen molar-refractivity contribution in [2.24, 2.45) is 0 Å². The lowest BCUT2D eigenvalue weighted by Gasteiger charge is -2.25. The molecule has 0 spiro atoms. The number of ether oxygens (including phenoxy) is 1. The summed E-state index contributed by atoms with van der Waals surface area (Å²) in [5.74, 6) is 0.838. The van der Waals surface area contributed by atoms with Crippen LogP contribution < -0.4 is 4.74 Å². The second-order valence-corrected chi connectivity index (χ2v) is 4.61. The van der Waals surface area contributed by atoms with Crippen LogP contribution in [0.5, 0.6) is 5.75 Å². The largest absolute Gasteiger partial charge is 0.415 e. The Kier molecular flexibility index (Phi) is 3.65. The second kappa shape index (κ2) is 5.21. The predicted molar refractivity (Wildman–Crippen MR) is 67.8 cm³/mol. The van der Waals surface area contributed by atoms with Gasteiger partial charge in [0.1, 0.15) is 11.5 Å². The third-order valence-corrected chi connectivity index (χ3v) is 3.18. The lowest BCUT2D eigenvalue weighted by molar-refractivity contribution is -0.121. The molecule has 1 amide bonds. The fourth-order valence-electron chi connectivity index (χ4n) is 2.05. The first kappa shape index (κ1) is 12.6.